The number of benzene rings is 2. The zero-order chi connectivity index (χ0) is 17.7. The van der Waals surface area contributed by atoms with Gasteiger partial charge in [0.2, 0.25) is 0 Å². The van der Waals surface area contributed by atoms with Gasteiger partial charge < -0.3 is 9.47 Å². The van der Waals surface area contributed by atoms with Gasteiger partial charge in [-0.3, -0.25) is 4.72 Å². The number of para-hydroxylation sites is 1. The molecule has 5 nitrogen and oxygen atoms in total. The Morgan fingerprint density at radius 3 is 2.33 bits per heavy atom. The summed E-state index contributed by atoms with van der Waals surface area (Å²) in [6.07, 6.45) is 0.926. The standard InChI is InChI=1S/C18H23NO4S/c1-5-13(2)15-8-6-7-9-16(15)19-24(20,21)14-10-11-17(22-3)18(12-14)23-4/h6-13,19H,5H2,1-4H3. The van der Waals surface area contributed by atoms with Gasteiger partial charge in [-0.2, -0.15) is 0 Å². The van der Waals surface area contributed by atoms with Crippen LogP contribution in [0.1, 0.15) is 31.7 Å². The molecule has 0 aliphatic heterocycles. The van der Waals surface area contributed by atoms with Crippen molar-refractivity contribution < 1.29 is 17.9 Å². The molecule has 1 unspecified atom stereocenters. The van der Waals surface area contributed by atoms with Crippen LogP contribution in [0, 0.1) is 0 Å². The molecule has 0 saturated carbocycles. The Labute approximate surface area is 143 Å². The van der Waals surface area contributed by atoms with Crippen LogP contribution in [0.25, 0.3) is 0 Å². The maximum absolute atomic E-state index is 12.7. The van der Waals surface area contributed by atoms with Gasteiger partial charge in [0.05, 0.1) is 24.8 Å². The van der Waals surface area contributed by atoms with Crippen molar-refractivity contribution in [3.8, 4) is 11.5 Å². The molecule has 6 heteroatoms. The van der Waals surface area contributed by atoms with Crippen molar-refractivity contribution in [3.05, 3.63) is 48.0 Å². The first-order chi connectivity index (χ1) is 11.4. The highest BCUT2D eigenvalue weighted by Crippen LogP contribution is 2.32. The number of sulfonamides is 1. The highest BCUT2D eigenvalue weighted by molar-refractivity contribution is 7.92. The molecule has 1 N–H and O–H groups in total. The van der Waals surface area contributed by atoms with E-state index in [9.17, 15) is 8.42 Å². The number of methoxy groups -OCH3 is 2. The lowest BCUT2D eigenvalue weighted by Gasteiger charge is -2.17. The van der Waals surface area contributed by atoms with Crippen molar-refractivity contribution in [1.29, 1.82) is 0 Å². The van der Waals surface area contributed by atoms with Gasteiger partial charge in [0.1, 0.15) is 0 Å². The van der Waals surface area contributed by atoms with Crippen LogP contribution in [0.2, 0.25) is 0 Å². The van der Waals surface area contributed by atoms with Gasteiger partial charge in [-0.25, -0.2) is 8.42 Å². The van der Waals surface area contributed by atoms with E-state index in [-0.39, 0.29) is 10.8 Å². The van der Waals surface area contributed by atoms with E-state index in [1.165, 1.54) is 26.4 Å². The molecule has 0 heterocycles. The highest BCUT2D eigenvalue weighted by Gasteiger charge is 2.19. The summed E-state index contributed by atoms with van der Waals surface area (Å²) in [7, 11) is -0.742. The summed E-state index contributed by atoms with van der Waals surface area (Å²) in [5.41, 5.74) is 1.57. The van der Waals surface area contributed by atoms with Gasteiger partial charge in [-0.15, -0.1) is 0 Å². The fourth-order valence-electron chi connectivity index (χ4n) is 2.43. The Balaban J connectivity index is 2.39. The predicted octanol–water partition coefficient (Wildman–Crippen LogP) is 4.02. The molecule has 0 spiro atoms. The Morgan fingerprint density at radius 1 is 1.04 bits per heavy atom. The maximum atomic E-state index is 12.7. The largest absolute Gasteiger partial charge is 0.493 e. The number of ether oxygens (including phenoxy) is 2. The average molecular weight is 349 g/mol. The van der Waals surface area contributed by atoms with Crippen LogP contribution in [0.15, 0.2) is 47.4 Å². The van der Waals surface area contributed by atoms with Gasteiger partial charge >= 0.3 is 0 Å². The molecule has 130 valence electrons. The SMILES string of the molecule is CCC(C)c1ccccc1NS(=O)(=O)c1ccc(OC)c(OC)c1. The molecule has 0 amide bonds. The molecular weight excluding hydrogens is 326 g/mol. The minimum Gasteiger partial charge on any atom is -0.493 e. The van der Waals surface area contributed by atoms with E-state index in [1.54, 1.807) is 12.1 Å². The van der Waals surface area contributed by atoms with Crippen molar-refractivity contribution in [2.24, 2.45) is 0 Å². The second-order valence-corrected chi connectivity index (χ2v) is 7.20. The lowest BCUT2D eigenvalue weighted by Crippen LogP contribution is -2.15. The van der Waals surface area contributed by atoms with Crippen molar-refractivity contribution in [3.63, 3.8) is 0 Å². The molecule has 2 aromatic rings. The smallest absolute Gasteiger partial charge is 0.262 e. The lowest BCUT2D eigenvalue weighted by molar-refractivity contribution is 0.354. The summed E-state index contributed by atoms with van der Waals surface area (Å²) in [5.74, 6) is 1.11. The van der Waals surface area contributed by atoms with Crippen LogP contribution < -0.4 is 14.2 Å². The summed E-state index contributed by atoms with van der Waals surface area (Å²) in [4.78, 5) is 0.124. The molecule has 0 bridgehead atoms. The predicted molar refractivity (Wildman–Crippen MR) is 95.5 cm³/mol. The van der Waals surface area contributed by atoms with Crippen LogP contribution in [0.4, 0.5) is 5.69 Å². The van der Waals surface area contributed by atoms with Gasteiger partial charge in [-0.1, -0.05) is 32.0 Å². The molecule has 24 heavy (non-hydrogen) atoms. The van der Waals surface area contributed by atoms with Crippen molar-refractivity contribution in [2.75, 3.05) is 18.9 Å². The van der Waals surface area contributed by atoms with E-state index in [1.807, 2.05) is 18.2 Å². The molecule has 0 radical (unpaired) electrons. The monoisotopic (exact) mass is 349 g/mol. The maximum Gasteiger partial charge on any atom is 0.262 e. The number of anilines is 1. The average Bonchev–Trinajstić information content (AvgIpc) is 2.60. The summed E-state index contributed by atoms with van der Waals surface area (Å²) in [6.45, 7) is 4.15. The molecular formula is C18H23NO4S. The molecule has 0 saturated heterocycles. The van der Waals surface area contributed by atoms with E-state index in [0.717, 1.165) is 12.0 Å². The van der Waals surface area contributed by atoms with Crippen LogP contribution in [0.3, 0.4) is 0 Å². The Kier molecular flexibility index (Phi) is 5.72. The summed E-state index contributed by atoms with van der Waals surface area (Å²) < 4.78 is 38.5. The topological polar surface area (TPSA) is 64.6 Å². The minimum atomic E-state index is -3.72. The van der Waals surface area contributed by atoms with E-state index >= 15 is 0 Å². The van der Waals surface area contributed by atoms with Crippen LogP contribution in [-0.2, 0) is 10.0 Å². The van der Waals surface area contributed by atoms with Crippen molar-refractivity contribution in [2.45, 2.75) is 31.1 Å². The molecule has 2 rings (SSSR count). The van der Waals surface area contributed by atoms with E-state index in [2.05, 4.69) is 18.6 Å². The fraction of sp³-hybridized carbons (Fsp3) is 0.333. The molecule has 0 aromatic heterocycles. The third-order valence-electron chi connectivity index (χ3n) is 4.01. The Morgan fingerprint density at radius 2 is 1.71 bits per heavy atom. The summed E-state index contributed by atoms with van der Waals surface area (Å²) in [6, 6.07) is 12.0. The Hall–Kier alpha value is -2.21. The Bertz CT molecular complexity index is 802. The first kappa shape index (κ1) is 18.1. The second kappa shape index (κ2) is 7.57. The molecule has 2 aromatic carbocycles. The third kappa shape index (κ3) is 3.82. The zero-order valence-electron chi connectivity index (χ0n) is 14.4. The number of rotatable bonds is 7. The van der Waals surface area contributed by atoms with Crippen LogP contribution in [0.5, 0.6) is 11.5 Å². The zero-order valence-corrected chi connectivity index (χ0v) is 15.2. The van der Waals surface area contributed by atoms with Gasteiger partial charge in [0, 0.05) is 6.07 Å². The summed E-state index contributed by atoms with van der Waals surface area (Å²) in [5, 5.41) is 0. The minimum absolute atomic E-state index is 0.124. The normalized spacial score (nSPS) is 12.5. The molecule has 1 atom stereocenters. The molecule has 0 aliphatic rings. The van der Waals surface area contributed by atoms with E-state index < -0.39 is 10.0 Å². The lowest BCUT2D eigenvalue weighted by atomic mass is 9.97. The number of hydrogen-bond acceptors (Lipinski definition) is 4. The molecule has 0 fully saturated rings. The first-order valence-corrected chi connectivity index (χ1v) is 9.25. The molecule has 0 aliphatic carbocycles. The number of nitrogens with one attached hydrogen (secondary N) is 1. The number of hydrogen-bond donors (Lipinski definition) is 1. The van der Waals surface area contributed by atoms with Gasteiger partial charge in [0.15, 0.2) is 11.5 Å². The first-order valence-electron chi connectivity index (χ1n) is 7.76. The van der Waals surface area contributed by atoms with Crippen LogP contribution >= 0.6 is 0 Å². The van der Waals surface area contributed by atoms with E-state index in [0.29, 0.717) is 17.2 Å². The van der Waals surface area contributed by atoms with Crippen LogP contribution in [-0.4, -0.2) is 22.6 Å². The summed E-state index contributed by atoms with van der Waals surface area (Å²) >= 11 is 0. The van der Waals surface area contributed by atoms with Crippen molar-refractivity contribution >= 4 is 15.7 Å². The van der Waals surface area contributed by atoms with Gasteiger partial charge in [0.25, 0.3) is 10.0 Å². The quantitative estimate of drug-likeness (QED) is 0.820. The van der Waals surface area contributed by atoms with Gasteiger partial charge in [-0.05, 0) is 36.1 Å². The highest BCUT2D eigenvalue weighted by atomic mass is 32.2. The van der Waals surface area contributed by atoms with Crippen molar-refractivity contribution in [1.82, 2.24) is 0 Å². The second-order valence-electron chi connectivity index (χ2n) is 5.52. The fourth-order valence-corrected chi connectivity index (χ4v) is 3.53. The third-order valence-corrected chi connectivity index (χ3v) is 5.38. The van der Waals surface area contributed by atoms with E-state index in [4.69, 9.17) is 9.47 Å².